The van der Waals surface area contributed by atoms with Crippen LogP contribution in [0.2, 0.25) is 0 Å². The number of piperidine rings is 1. The monoisotopic (exact) mass is 345 g/mol. The molecule has 1 unspecified atom stereocenters. The van der Waals surface area contributed by atoms with Crippen molar-refractivity contribution in [2.75, 3.05) is 20.2 Å². The summed E-state index contributed by atoms with van der Waals surface area (Å²) in [6.07, 6.45) is 6.29. The number of hydrogen-bond acceptors (Lipinski definition) is 4. The molecular formula is C19H24FN3O2. The zero-order valence-electron chi connectivity index (χ0n) is 14.5. The fourth-order valence-corrected chi connectivity index (χ4v) is 4.45. The van der Waals surface area contributed by atoms with Gasteiger partial charge in [-0.1, -0.05) is 0 Å². The van der Waals surface area contributed by atoms with Crippen LogP contribution in [0.5, 0.6) is 0 Å². The van der Waals surface area contributed by atoms with Crippen molar-refractivity contribution in [2.45, 2.75) is 44.4 Å². The predicted molar refractivity (Wildman–Crippen MR) is 93.0 cm³/mol. The molecule has 2 aromatic heterocycles. The molecule has 1 atom stereocenters. The lowest BCUT2D eigenvalue weighted by atomic mass is 9.87. The Kier molecular flexibility index (Phi) is 4.46. The van der Waals surface area contributed by atoms with Gasteiger partial charge in [0.2, 0.25) is 0 Å². The summed E-state index contributed by atoms with van der Waals surface area (Å²) in [4.78, 5) is 19.6. The van der Waals surface area contributed by atoms with Crippen LogP contribution in [0.1, 0.15) is 48.4 Å². The molecular weight excluding hydrogens is 321 g/mol. The van der Waals surface area contributed by atoms with Crippen LogP contribution in [-0.2, 0) is 22.4 Å². The molecule has 5 nitrogen and oxygen atoms in total. The number of nitrogens with one attached hydrogen (secondary N) is 2. The molecule has 0 spiro atoms. The second-order valence-electron chi connectivity index (χ2n) is 7.15. The van der Waals surface area contributed by atoms with Gasteiger partial charge in [0.25, 0.3) is 0 Å². The molecule has 1 aliphatic heterocycles. The second kappa shape index (κ2) is 6.75. The molecule has 2 N–H and O–H groups in total. The van der Waals surface area contributed by atoms with E-state index in [-0.39, 0.29) is 23.6 Å². The van der Waals surface area contributed by atoms with E-state index in [9.17, 15) is 9.18 Å². The fourth-order valence-electron chi connectivity index (χ4n) is 4.45. The molecule has 2 aliphatic rings. The molecule has 2 aromatic rings. The Morgan fingerprint density at radius 1 is 1.24 bits per heavy atom. The molecule has 1 aliphatic carbocycles. The van der Waals surface area contributed by atoms with E-state index in [0.29, 0.717) is 0 Å². The Morgan fingerprint density at radius 3 is 2.76 bits per heavy atom. The number of aromatic nitrogens is 2. The van der Waals surface area contributed by atoms with Crippen LogP contribution in [0, 0.1) is 11.7 Å². The van der Waals surface area contributed by atoms with Crippen LogP contribution in [0.25, 0.3) is 11.0 Å². The van der Waals surface area contributed by atoms with Gasteiger partial charge in [-0.25, -0.2) is 9.37 Å². The van der Waals surface area contributed by atoms with Gasteiger partial charge in [0, 0.05) is 16.6 Å². The first-order valence-electron chi connectivity index (χ1n) is 9.15. The first kappa shape index (κ1) is 16.5. The third kappa shape index (κ3) is 2.92. The third-order valence-corrected chi connectivity index (χ3v) is 5.77. The molecule has 1 saturated heterocycles. The number of methoxy groups -OCH3 is 1. The molecule has 0 radical (unpaired) electrons. The van der Waals surface area contributed by atoms with Crippen molar-refractivity contribution in [3.63, 3.8) is 0 Å². The van der Waals surface area contributed by atoms with Crippen molar-refractivity contribution < 1.29 is 13.9 Å². The van der Waals surface area contributed by atoms with Gasteiger partial charge in [-0.05, 0) is 63.1 Å². The van der Waals surface area contributed by atoms with Crippen molar-refractivity contribution in [3.05, 3.63) is 28.8 Å². The van der Waals surface area contributed by atoms with Gasteiger partial charge in [0.05, 0.1) is 19.2 Å². The third-order valence-electron chi connectivity index (χ3n) is 5.77. The molecule has 0 amide bonds. The molecule has 1 fully saturated rings. The summed E-state index contributed by atoms with van der Waals surface area (Å²) in [6.45, 7) is 1.84. The van der Waals surface area contributed by atoms with E-state index < -0.39 is 0 Å². The van der Waals surface area contributed by atoms with Gasteiger partial charge in [-0.3, -0.25) is 4.79 Å². The van der Waals surface area contributed by atoms with Crippen molar-refractivity contribution in [2.24, 2.45) is 5.92 Å². The summed E-state index contributed by atoms with van der Waals surface area (Å²) in [5.74, 6) is -0.191. The van der Waals surface area contributed by atoms with E-state index in [1.54, 1.807) is 0 Å². The Balaban J connectivity index is 1.76. The van der Waals surface area contributed by atoms with Crippen LogP contribution in [0.3, 0.4) is 0 Å². The van der Waals surface area contributed by atoms with Crippen LogP contribution >= 0.6 is 0 Å². The number of ether oxygens (including phenoxy) is 1. The topological polar surface area (TPSA) is 67.0 Å². The quantitative estimate of drug-likeness (QED) is 0.649. The highest BCUT2D eigenvalue weighted by Gasteiger charge is 2.29. The zero-order chi connectivity index (χ0) is 17.4. The van der Waals surface area contributed by atoms with Gasteiger partial charge >= 0.3 is 5.97 Å². The fraction of sp³-hybridized carbons (Fsp3) is 0.579. The van der Waals surface area contributed by atoms with Gasteiger partial charge in [-0.15, -0.1) is 0 Å². The maximum Gasteiger partial charge on any atom is 0.308 e. The SMILES string of the molecule is COC(=O)C1CCc2[nH]c3ncc(F)c(C4CCNCC4)c3c2CC1. The molecule has 0 aromatic carbocycles. The summed E-state index contributed by atoms with van der Waals surface area (Å²) >= 11 is 0. The molecule has 0 bridgehead atoms. The lowest BCUT2D eigenvalue weighted by Crippen LogP contribution is -2.27. The van der Waals surface area contributed by atoms with Crippen LogP contribution in [0.15, 0.2) is 6.20 Å². The number of pyridine rings is 1. The van der Waals surface area contributed by atoms with Gasteiger partial charge < -0.3 is 15.0 Å². The smallest absolute Gasteiger partial charge is 0.308 e. The van der Waals surface area contributed by atoms with Crippen LogP contribution < -0.4 is 5.32 Å². The standard InChI is InChI=1S/C19H24FN3O2/c1-25-19(24)12-2-4-13-15(5-3-12)23-18-17(13)16(14(20)10-22-18)11-6-8-21-9-7-11/h10-12,21H,2-9H2,1H3,(H,22,23). The Morgan fingerprint density at radius 2 is 2.00 bits per heavy atom. The largest absolute Gasteiger partial charge is 0.469 e. The second-order valence-corrected chi connectivity index (χ2v) is 7.15. The molecule has 25 heavy (non-hydrogen) atoms. The minimum Gasteiger partial charge on any atom is -0.469 e. The number of carbonyl (C=O) groups excluding carboxylic acids is 1. The average molecular weight is 345 g/mol. The molecule has 4 rings (SSSR count). The zero-order valence-corrected chi connectivity index (χ0v) is 14.5. The Hall–Kier alpha value is -1.95. The normalized spacial score (nSPS) is 21.8. The number of fused-ring (bicyclic) bond motifs is 3. The van der Waals surface area contributed by atoms with Crippen molar-refractivity contribution in [1.29, 1.82) is 0 Å². The Labute approximate surface area is 146 Å². The number of hydrogen-bond donors (Lipinski definition) is 2. The number of esters is 1. The van der Waals surface area contributed by atoms with Gasteiger partial charge in [0.1, 0.15) is 11.5 Å². The first-order chi connectivity index (χ1) is 12.2. The number of carbonyl (C=O) groups is 1. The Bertz CT molecular complexity index is 796. The van der Waals surface area contributed by atoms with E-state index in [4.69, 9.17) is 4.74 Å². The van der Waals surface area contributed by atoms with E-state index in [1.165, 1.54) is 13.3 Å². The number of aryl methyl sites for hydroxylation is 2. The van der Waals surface area contributed by atoms with Crippen molar-refractivity contribution in [1.82, 2.24) is 15.3 Å². The number of nitrogens with zero attached hydrogens (tertiary/aromatic N) is 1. The summed E-state index contributed by atoms with van der Waals surface area (Å²) < 4.78 is 19.7. The molecule has 134 valence electrons. The predicted octanol–water partition coefficient (Wildman–Crippen LogP) is 2.84. The van der Waals surface area contributed by atoms with Crippen LogP contribution in [0.4, 0.5) is 4.39 Å². The lowest BCUT2D eigenvalue weighted by Gasteiger charge is -2.24. The minimum atomic E-state index is -0.199. The number of H-pyrrole nitrogens is 1. The maximum absolute atomic E-state index is 14.7. The summed E-state index contributed by atoms with van der Waals surface area (Å²) in [5, 5.41) is 4.31. The molecule has 3 heterocycles. The highest BCUT2D eigenvalue weighted by Crippen LogP contribution is 2.38. The highest BCUT2D eigenvalue weighted by atomic mass is 19.1. The van der Waals surface area contributed by atoms with E-state index in [2.05, 4.69) is 15.3 Å². The summed E-state index contributed by atoms with van der Waals surface area (Å²) in [5.41, 5.74) is 3.87. The highest BCUT2D eigenvalue weighted by molar-refractivity contribution is 5.86. The van der Waals surface area contributed by atoms with Gasteiger partial charge in [0.15, 0.2) is 0 Å². The van der Waals surface area contributed by atoms with Crippen LogP contribution in [-0.4, -0.2) is 36.1 Å². The van der Waals surface area contributed by atoms with E-state index >= 15 is 0 Å². The average Bonchev–Trinajstić information content (AvgIpc) is 2.86. The number of aromatic amines is 1. The molecule has 0 saturated carbocycles. The van der Waals surface area contributed by atoms with Gasteiger partial charge in [-0.2, -0.15) is 0 Å². The van der Waals surface area contributed by atoms with Crippen molar-refractivity contribution in [3.8, 4) is 0 Å². The molecule has 6 heteroatoms. The summed E-state index contributed by atoms with van der Waals surface area (Å²) in [6, 6.07) is 0. The minimum absolute atomic E-state index is 0.0790. The number of rotatable bonds is 2. The number of halogens is 1. The van der Waals surface area contributed by atoms with Crippen molar-refractivity contribution >= 4 is 17.0 Å². The lowest BCUT2D eigenvalue weighted by molar-refractivity contribution is -0.145. The van der Waals surface area contributed by atoms with E-state index in [1.807, 2.05) is 0 Å². The maximum atomic E-state index is 14.7. The first-order valence-corrected chi connectivity index (χ1v) is 9.15. The van der Waals surface area contributed by atoms with E-state index in [0.717, 1.165) is 79.5 Å². The summed E-state index contributed by atoms with van der Waals surface area (Å²) in [7, 11) is 1.44.